The lowest BCUT2D eigenvalue weighted by atomic mass is 9.80. The van der Waals surface area contributed by atoms with E-state index in [1.54, 1.807) is 0 Å². The summed E-state index contributed by atoms with van der Waals surface area (Å²) in [4.78, 5) is 47.2. The number of nitrogens with zero attached hydrogens (tertiary/aromatic N) is 3. The highest BCUT2D eigenvalue weighted by Gasteiger charge is 2.62. The lowest BCUT2D eigenvalue weighted by Crippen LogP contribution is -2.61. The lowest BCUT2D eigenvalue weighted by Gasteiger charge is -2.47. The summed E-state index contributed by atoms with van der Waals surface area (Å²) < 4.78 is 27.5. The van der Waals surface area contributed by atoms with Crippen molar-refractivity contribution in [2.75, 3.05) is 13.1 Å². The van der Waals surface area contributed by atoms with Gasteiger partial charge in [0.05, 0.1) is 12.6 Å². The van der Waals surface area contributed by atoms with Crippen LogP contribution >= 0.6 is 0 Å². The molecule has 3 atom stereocenters. The summed E-state index contributed by atoms with van der Waals surface area (Å²) in [6.07, 6.45) is 3.80. The number of carbonyl (C=O) groups is 3. The number of alkyl halides is 2. The van der Waals surface area contributed by atoms with Crippen molar-refractivity contribution >= 4 is 17.8 Å². The van der Waals surface area contributed by atoms with Gasteiger partial charge in [-0.3, -0.25) is 19.4 Å². The largest absolute Gasteiger partial charge is 0.349 e. The summed E-state index contributed by atoms with van der Waals surface area (Å²) in [6, 6.07) is 19.5. The first-order valence-corrected chi connectivity index (χ1v) is 16.7. The van der Waals surface area contributed by atoms with E-state index in [2.05, 4.69) is 24.1 Å². The summed E-state index contributed by atoms with van der Waals surface area (Å²) in [7, 11) is 0. The van der Waals surface area contributed by atoms with Crippen LogP contribution in [0.15, 0.2) is 60.7 Å². The number of hydrogen-bond donors (Lipinski definition) is 1. The Bertz CT molecular complexity index is 1350. The fourth-order valence-corrected chi connectivity index (χ4v) is 8.26. The number of halogens is 2. The van der Waals surface area contributed by atoms with E-state index in [-0.39, 0.29) is 74.1 Å². The number of hydrogen-bond acceptors (Lipinski definition) is 4. The van der Waals surface area contributed by atoms with Gasteiger partial charge in [-0.25, -0.2) is 13.6 Å². The quantitative estimate of drug-likeness (QED) is 0.306. The molecule has 3 saturated heterocycles. The predicted molar refractivity (Wildman–Crippen MR) is 168 cm³/mol. The molecule has 1 aliphatic carbocycles. The summed E-state index contributed by atoms with van der Waals surface area (Å²) in [5.74, 6) is -3.04. The van der Waals surface area contributed by atoms with E-state index in [9.17, 15) is 23.2 Å². The highest BCUT2D eigenvalue weighted by atomic mass is 19.3. The van der Waals surface area contributed by atoms with Crippen LogP contribution in [-0.4, -0.2) is 69.2 Å². The number of amides is 4. The molecule has 242 valence electrons. The van der Waals surface area contributed by atoms with Gasteiger partial charge in [-0.2, -0.15) is 0 Å². The summed E-state index contributed by atoms with van der Waals surface area (Å²) in [6.45, 7) is 5.75. The van der Waals surface area contributed by atoms with Gasteiger partial charge in [-0.05, 0) is 62.0 Å². The van der Waals surface area contributed by atoms with Gasteiger partial charge >= 0.3 is 6.03 Å². The van der Waals surface area contributed by atoms with Crippen molar-refractivity contribution in [1.82, 2.24) is 20.0 Å². The zero-order chi connectivity index (χ0) is 31.8. The normalized spacial score (nSPS) is 27.5. The number of fused-ring (bicyclic) bond motifs is 2. The Labute approximate surface area is 265 Å². The molecular weight excluding hydrogens is 574 g/mol. The number of urea groups is 1. The maximum atomic E-state index is 14.2. The molecule has 2 unspecified atom stereocenters. The Hall–Kier alpha value is -3.33. The van der Waals surface area contributed by atoms with Crippen LogP contribution in [0.25, 0.3) is 0 Å². The Morgan fingerprint density at radius 1 is 0.911 bits per heavy atom. The third kappa shape index (κ3) is 6.51. The SMILES string of the molecule is CC(C)CN1C(=O)N(Cc2ccccc2)C(=O)C12CC1CCC(C2)N1CC[C@H](NC(=O)C1CCC(F)(F)CC1)c1ccccc1. The van der Waals surface area contributed by atoms with E-state index in [0.717, 1.165) is 30.5 Å². The van der Waals surface area contributed by atoms with Crippen LogP contribution in [0, 0.1) is 11.8 Å². The molecule has 3 aliphatic heterocycles. The molecule has 1 saturated carbocycles. The van der Waals surface area contributed by atoms with Gasteiger partial charge in [-0.15, -0.1) is 0 Å². The molecule has 4 fully saturated rings. The van der Waals surface area contributed by atoms with E-state index in [0.29, 0.717) is 25.8 Å². The van der Waals surface area contributed by atoms with Crippen molar-refractivity contribution in [1.29, 1.82) is 0 Å². The Morgan fingerprint density at radius 2 is 1.51 bits per heavy atom. The van der Waals surface area contributed by atoms with Gasteiger partial charge in [0.1, 0.15) is 5.54 Å². The lowest BCUT2D eigenvalue weighted by molar-refractivity contribution is -0.138. The molecule has 4 amide bonds. The van der Waals surface area contributed by atoms with Gasteiger partial charge < -0.3 is 10.2 Å². The van der Waals surface area contributed by atoms with Crippen molar-refractivity contribution < 1.29 is 23.2 Å². The van der Waals surface area contributed by atoms with Crippen molar-refractivity contribution in [3.63, 3.8) is 0 Å². The standard InChI is InChI=1S/C36H46F2N4O3/c1-25(2)23-42-34(45)41(24-26-9-5-3-6-10-26)33(44)35(42)21-29-13-14-30(22-35)40(29)20-17-31(27-11-7-4-8-12-27)39-32(43)28-15-18-36(37,38)19-16-28/h3-12,25,28-31H,13-24H2,1-2H3,(H,39,43)/t29?,30?,31-,35?/m0/s1. The fourth-order valence-electron chi connectivity index (χ4n) is 8.26. The maximum Gasteiger partial charge on any atom is 0.327 e. The van der Waals surface area contributed by atoms with Gasteiger partial charge in [0, 0.05) is 43.9 Å². The minimum Gasteiger partial charge on any atom is -0.349 e. The second-order valence-electron chi connectivity index (χ2n) is 14.1. The zero-order valence-electron chi connectivity index (χ0n) is 26.5. The molecule has 1 spiro atoms. The highest BCUT2D eigenvalue weighted by Crippen LogP contribution is 2.48. The van der Waals surface area contributed by atoms with E-state index in [1.165, 1.54) is 4.90 Å². The molecule has 45 heavy (non-hydrogen) atoms. The third-order valence-electron chi connectivity index (χ3n) is 10.6. The summed E-state index contributed by atoms with van der Waals surface area (Å²) >= 11 is 0. The van der Waals surface area contributed by atoms with Gasteiger partial charge in [0.15, 0.2) is 0 Å². The van der Waals surface area contributed by atoms with Crippen molar-refractivity contribution in [3.8, 4) is 0 Å². The second kappa shape index (κ2) is 12.8. The van der Waals surface area contributed by atoms with E-state index >= 15 is 0 Å². The van der Waals surface area contributed by atoms with Crippen LogP contribution in [0.4, 0.5) is 13.6 Å². The summed E-state index contributed by atoms with van der Waals surface area (Å²) in [5, 5.41) is 3.21. The van der Waals surface area contributed by atoms with Gasteiger partial charge in [-0.1, -0.05) is 74.5 Å². The van der Waals surface area contributed by atoms with Crippen molar-refractivity contribution in [2.45, 2.75) is 108 Å². The van der Waals surface area contributed by atoms with Gasteiger partial charge in [0.25, 0.3) is 5.91 Å². The molecule has 1 N–H and O–H groups in total. The van der Waals surface area contributed by atoms with Crippen LogP contribution in [0.5, 0.6) is 0 Å². The molecule has 6 rings (SSSR count). The average molecular weight is 621 g/mol. The maximum absolute atomic E-state index is 14.2. The van der Waals surface area contributed by atoms with E-state index in [4.69, 9.17) is 0 Å². The molecule has 0 aromatic heterocycles. The summed E-state index contributed by atoms with van der Waals surface area (Å²) in [5.41, 5.74) is 1.12. The Balaban J connectivity index is 1.16. The van der Waals surface area contributed by atoms with Crippen LogP contribution in [0.1, 0.15) is 88.8 Å². The third-order valence-corrected chi connectivity index (χ3v) is 10.6. The first kappa shape index (κ1) is 31.6. The number of nitrogens with one attached hydrogen (secondary N) is 1. The average Bonchev–Trinajstić information content (AvgIpc) is 3.36. The van der Waals surface area contributed by atoms with E-state index < -0.39 is 17.4 Å². The van der Waals surface area contributed by atoms with Crippen molar-refractivity contribution in [2.24, 2.45) is 11.8 Å². The Kier molecular flexibility index (Phi) is 9.01. The minimum atomic E-state index is -2.67. The van der Waals surface area contributed by atoms with Gasteiger partial charge in [0.2, 0.25) is 11.8 Å². The topological polar surface area (TPSA) is 73.0 Å². The molecule has 9 heteroatoms. The molecule has 0 radical (unpaired) electrons. The smallest absolute Gasteiger partial charge is 0.327 e. The number of piperidine rings is 1. The molecular formula is C36H46F2N4O3. The molecule has 4 aliphatic rings. The van der Waals surface area contributed by atoms with Crippen LogP contribution in [0.2, 0.25) is 0 Å². The minimum absolute atomic E-state index is 0.0685. The van der Waals surface area contributed by atoms with Crippen molar-refractivity contribution in [3.05, 3.63) is 71.8 Å². The molecule has 2 aromatic carbocycles. The molecule has 7 nitrogen and oxygen atoms in total. The van der Waals surface area contributed by atoms with Crippen LogP contribution < -0.4 is 5.32 Å². The van der Waals surface area contributed by atoms with Crippen LogP contribution in [-0.2, 0) is 16.1 Å². The first-order valence-electron chi connectivity index (χ1n) is 16.7. The number of carbonyl (C=O) groups excluding carboxylic acids is 3. The second-order valence-corrected chi connectivity index (χ2v) is 14.1. The number of benzene rings is 2. The molecule has 2 aromatic rings. The first-order chi connectivity index (χ1) is 21.6. The number of imide groups is 1. The predicted octanol–water partition coefficient (Wildman–Crippen LogP) is 6.55. The van der Waals surface area contributed by atoms with E-state index in [1.807, 2.05) is 65.6 Å². The highest BCUT2D eigenvalue weighted by molar-refractivity contribution is 6.07. The number of rotatable bonds is 10. The molecule has 2 bridgehead atoms. The Morgan fingerprint density at radius 3 is 2.11 bits per heavy atom. The zero-order valence-corrected chi connectivity index (χ0v) is 26.5. The molecule has 3 heterocycles. The van der Waals surface area contributed by atoms with Crippen LogP contribution in [0.3, 0.4) is 0 Å². The monoisotopic (exact) mass is 620 g/mol. The fraction of sp³-hybridized carbons (Fsp3) is 0.583.